The maximum atomic E-state index is 14.7. The Morgan fingerprint density at radius 1 is 0.847 bits per heavy atom. The number of fused-ring (bicyclic) bond motifs is 5. The maximum Gasteiger partial charge on any atom is 0.525 e. The zero-order valence-electron chi connectivity index (χ0n) is 49.0. The average molecular weight is 1240 g/mol. The number of urea groups is 1. The number of halogens is 9. The molecule has 18 atom stereocenters. The van der Waals surface area contributed by atoms with Crippen molar-refractivity contribution in [3.8, 4) is 5.75 Å². The third-order valence-corrected chi connectivity index (χ3v) is 17.5. The standard InChI is InChI=1S/C42H69NO10.C17H9ClF8N2O4/c1-10-27-13-12-14-35(53-37-18-17-34(43(6)7)24(4)49-37)23(3)38(45)33-21-31-29(32(33)22-36(44)51-27)16-15-26-19-28(20-30(26)31)52-42-41(47-9)40(48-11-2)39(46-8)25(5)50-42;18-8-6-7(4-5-11(8)31-16(22,23)14(21)32-17(24,25)26)27-15(30)28-13(29)12-9(19)2-1-3-10(12)20/h21,23-32,34-35,37,39-42H,10-20,22H2,1-9H3;1-6,14H,(H2,27,28,29,30)/t23-,24-,25+,26-,27+,28-,29-,30-,31-,32+,34+,35+,37+,39+,40-,41-,42+;/m1./s1. The van der Waals surface area contributed by atoms with Crippen LogP contribution in [0.4, 0.5) is 45.6 Å². The van der Waals surface area contributed by atoms with Crippen LogP contribution in [0.25, 0.3) is 0 Å². The van der Waals surface area contributed by atoms with Crippen LogP contribution in [-0.4, -0.2) is 150 Å². The van der Waals surface area contributed by atoms with Gasteiger partial charge in [-0.25, -0.2) is 22.7 Å². The Hall–Kier alpha value is -4.57. The third kappa shape index (κ3) is 17.0. The van der Waals surface area contributed by atoms with Gasteiger partial charge in [-0.05, 0) is 159 Å². The van der Waals surface area contributed by atoms with Gasteiger partial charge in [0.1, 0.15) is 47.4 Å². The molecule has 5 fully saturated rings. The van der Waals surface area contributed by atoms with Crippen LogP contribution >= 0.6 is 11.6 Å². The number of esters is 1. The number of cyclic esters (lactones) is 1. The van der Waals surface area contributed by atoms with Gasteiger partial charge in [-0.3, -0.25) is 19.7 Å². The van der Waals surface area contributed by atoms with Gasteiger partial charge in [0.15, 0.2) is 18.4 Å². The van der Waals surface area contributed by atoms with Crippen LogP contribution in [0.2, 0.25) is 5.02 Å². The average Bonchev–Trinajstić information content (AvgIpc) is 2.65. The molecule has 8 rings (SSSR count). The van der Waals surface area contributed by atoms with Crippen LogP contribution in [0.3, 0.4) is 0 Å². The van der Waals surface area contributed by atoms with E-state index in [1.807, 2.05) is 26.1 Å². The summed E-state index contributed by atoms with van der Waals surface area (Å²) in [5.41, 5.74) is -0.502. The van der Waals surface area contributed by atoms with E-state index in [4.69, 9.17) is 49.5 Å². The third-order valence-electron chi connectivity index (χ3n) is 17.2. The molecule has 3 heterocycles. The van der Waals surface area contributed by atoms with E-state index >= 15 is 0 Å². The lowest BCUT2D eigenvalue weighted by Crippen LogP contribution is -2.60. The number of ketones is 1. The van der Waals surface area contributed by atoms with Crippen molar-refractivity contribution in [3.63, 3.8) is 0 Å². The molecule has 476 valence electrons. The minimum Gasteiger partial charge on any atom is -0.462 e. The molecule has 3 amide bonds. The quantitative estimate of drug-likeness (QED) is 0.119. The van der Waals surface area contributed by atoms with Crippen molar-refractivity contribution >= 4 is 41.0 Å². The maximum absolute atomic E-state index is 14.7. The van der Waals surface area contributed by atoms with Crippen molar-refractivity contribution in [2.45, 2.75) is 192 Å². The van der Waals surface area contributed by atoms with Crippen LogP contribution in [0.15, 0.2) is 48.0 Å². The fourth-order valence-electron chi connectivity index (χ4n) is 13.1. The second-order valence-corrected chi connectivity index (χ2v) is 23.2. The number of carbonyl (C=O) groups excluding carboxylic acids is 4. The van der Waals surface area contributed by atoms with Gasteiger partial charge in [0.25, 0.3) is 5.91 Å². The molecular weight excluding hydrogens is 1160 g/mol. The number of amides is 3. The second kappa shape index (κ2) is 29.6. The Bertz CT molecular complexity index is 2620. The van der Waals surface area contributed by atoms with Gasteiger partial charge in [-0.2, -0.15) is 8.78 Å². The topological polar surface area (TPSA) is 188 Å². The summed E-state index contributed by atoms with van der Waals surface area (Å²) in [6, 6.07) is 3.77. The van der Waals surface area contributed by atoms with Crippen LogP contribution in [0.1, 0.15) is 116 Å². The number of nitrogens with zero attached hydrogens (tertiary/aromatic N) is 1. The molecule has 2 aromatic rings. The molecule has 17 nitrogen and oxygen atoms in total. The van der Waals surface area contributed by atoms with Crippen LogP contribution in [-0.2, 0) is 52.2 Å². The Morgan fingerprint density at radius 2 is 1.55 bits per heavy atom. The van der Waals surface area contributed by atoms with Crippen molar-refractivity contribution < 1.29 is 102 Å². The molecule has 1 unspecified atom stereocenters. The smallest absolute Gasteiger partial charge is 0.462 e. The van der Waals surface area contributed by atoms with Crippen molar-refractivity contribution in [2.75, 3.05) is 40.2 Å². The van der Waals surface area contributed by atoms with Crippen LogP contribution in [0, 0.1) is 47.1 Å². The number of likely N-dealkylation sites (N-methyl/N-ethyl adjacent to an activating group) is 1. The number of hydrogen-bond acceptors (Lipinski definition) is 15. The molecule has 85 heavy (non-hydrogen) atoms. The van der Waals surface area contributed by atoms with Crippen molar-refractivity contribution in [1.82, 2.24) is 10.2 Å². The highest BCUT2D eigenvalue weighted by atomic mass is 35.5. The fourth-order valence-corrected chi connectivity index (χ4v) is 13.4. The van der Waals surface area contributed by atoms with Gasteiger partial charge < -0.3 is 52.8 Å². The molecule has 2 aromatic carbocycles. The number of rotatable bonds is 16. The summed E-state index contributed by atoms with van der Waals surface area (Å²) in [5, 5.41) is 2.86. The number of allylic oxidation sites excluding steroid dienone is 2. The SMILES string of the molecule is CCO[C@@H]1[C@@H](OC)[C@H](C)O[C@@H](O[C@@H]2C[C@H]3CC[C@@H]4[C@@H](C=C5C(=O)[C@H](C)[C@@H](O[C@H]6CC[C@H](N(C)C)[C@@H](C)O6)CCC[C@H](CC)OC(=O)C[C@H]54)[C@@H]3C2)[C@@H]1OC.O=C(NC(=O)c1c(F)cccc1F)Nc1ccc(OC(F)(F)C(F)OC(F)(F)F)c(Cl)c1. The highest BCUT2D eigenvalue weighted by Gasteiger charge is 2.55. The first-order valence-corrected chi connectivity index (χ1v) is 29.3. The van der Waals surface area contributed by atoms with E-state index in [0.717, 1.165) is 100 Å². The Kier molecular flexibility index (Phi) is 23.7. The second-order valence-electron chi connectivity index (χ2n) is 22.8. The first-order valence-electron chi connectivity index (χ1n) is 28.9. The normalized spacial score (nSPS) is 33.1. The van der Waals surface area contributed by atoms with Crippen molar-refractivity contribution in [1.29, 1.82) is 0 Å². The van der Waals surface area contributed by atoms with Crippen molar-refractivity contribution in [3.05, 3.63) is 70.3 Å². The largest absolute Gasteiger partial charge is 0.525 e. The van der Waals surface area contributed by atoms with Gasteiger partial charge in [0, 0.05) is 44.4 Å². The van der Waals surface area contributed by atoms with Gasteiger partial charge >= 0.3 is 30.8 Å². The monoisotopic (exact) mass is 1240 g/mol. The highest BCUT2D eigenvalue weighted by Crippen LogP contribution is 2.57. The number of nitrogens with one attached hydrogen (secondary N) is 2. The Morgan fingerprint density at radius 3 is 2.18 bits per heavy atom. The lowest BCUT2D eigenvalue weighted by Gasteiger charge is -2.44. The number of benzene rings is 2. The number of carbonyl (C=O) groups is 4. The van der Waals surface area contributed by atoms with E-state index in [0.29, 0.717) is 30.6 Å². The number of hydrogen-bond donors (Lipinski definition) is 2. The van der Waals surface area contributed by atoms with Gasteiger partial charge in [-0.15, -0.1) is 13.2 Å². The molecule has 0 bridgehead atoms. The first kappa shape index (κ1) is 67.9. The van der Waals surface area contributed by atoms with E-state index in [-0.39, 0.29) is 96.6 Å². The fraction of sp³-hybridized carbons (Fsp3) is 0.695. The molecular formula is C59H78ClF8N3O14. The summed E-state index contributed by atoms with van der Waals surface area (Å²) in [7, 11) is 7.55. The van der Waals surface area contributed by atoms with Gasteiger partial charge in [0.2, 0.25) is 0 Å². The van der Waals surface area contributed by atoms with E-state index in [1.165, 1.54) is 0 Å². The number of ether oxygens (including phenoxy) is 10. The lowest BCUT2D eigenvalue weighted by atomic mass is 9.66. The first-order chi connectivity index (χ1) is 40.2. The zero-order valence-corrected chi connectivity index (χ0v) is 49.7. The number of methoxy groups -OCH3 is 2. The van der Waals surface area contributed by atoms with Crippen LogP contribution < -0.4 is 15.4 Å². The molecule has 3 aliphatic heterocycles. The summed E-state index contributed by atoms with van der Waals surface area (Å²) < 4.78 is 159. The van der Waals surface area contributed by atoms with Crippen molar-refractivity contribution in [2.24, 2.45) is 35.5 Å². The minimum absolute atomic E-state index is 0.00218. The highest BCUT2D eigenvalue weighted by molar-refractivity contribution is 6.32. The number of Topliss-reactive ketones (excluding diaryl/α,β-unsaturated/α-hetero) is 1. The van der Waals surface area contributed by atoms with E-state index in [1.54, 1.807) is 19.5 Å². The minimum atomic E-state index is -5.71. The summed E-state index contributed by atoms with van der Waals surface area (Å²) in [6.07, 6.45) is -6.21. The Balaban J connectivity index is 0.000000277. The molecule has 6 aliphatic rings. The van der Waals surface area contributed by atoms with E-state index in [2.05, 4.69) is 48.4 Å². The van der Waals surface area contributed by atoms with Gasteiger partial charge in [0.05, 0.1) is 35.9 Å². The number of alkyl halides is 6. The summed E-state index contributed by atoms with van der Waals surface area (Å²) in [5.74, 6) is -4.19. The molecule has 2 saturated carbocycles. The lowest BCUT2D eigenvalue weighted by molar-refractivity contribution is -0.411. The molecule has 0 aromatic heterocycles. The zero-order chi connectivity index (χ0) is 62.2. The summed E-state index contributed by atoms with van der Waals surface area (Å²) in [4.78, 5) is 54.1. The van der Waals surface area contributed by atoms with Gasteiger partial charge in [-0.1, -0.05) is 37.6 Å². The molecule has 2 N–H and O–H groups in total. The van der Waals surface area contributed by atoms with E-state index < -0.39 is 71.1 Å². The molecule has 26 heteroatoms. The number of anilines is 1. The summed E-state index contributed by atoms with van der Waals surface area (Å²) >= 11 is 5.62. The van der Waals surface area contributed by atoms with E-state index in [9.17, 15) is 54.3 Å². The molecule has 3 aliphatic carbocycles. The molecule has 0 spiro atoms. The van der Waals surface area contributed by atoms with Crippen LogP contribution in [0.5, 0.6) is 5.75 Å². The summed E-state index contributed by atoms with van der Waals surface area (Å²) in [6.45, 7) is 10.7. The molecule has 0 radical (unpaired) electrons. The Labute approximate surface area is 494 Å². The predicted octanol–water partition coefficient (Wildman–Crippen LogP) is 11.5. The predicted molar refractivity (Wildman–Crippen MR) is 291 cm³/mol. The molecule has 3 saturated heterocycles. The number of imide groups is 1.